The number of phenolic OH excluding ortho intramolecular Hbond substituents is 1. The van der Waals surface area contributed by atoms with Crippen LogP contribution in [0.1, 0.15) is 43.5 Å². The van der Waals surface area contributed by atoms with Gasteiger partial charge in [0.05, 0.1) is 0 Å². The van der Waals surface area contributed by atoms with Crippen molar-refractivity contribution < 1.29 is 24.2 Å². The van der Waals surface area contributed by atoms with Crippen LogP contribution >= 0.6 is 0 Å². The van der Waals surface area contributed by atoms with E-state index in [9.17, 15) is 19.5 Å². The van der Waals surface area contributed by atoms with E-state index in [0.29, 0.717) is 5.69 Å². The molecule has 0 aliphatic rings. The Morgan fingerprint density at radius 3 is 2.26 bits per heavy atom. The first-order valence-electron chi connectivity index (χ1n) is 11.0. The van der Waals surface area contributed by atoms with Gasteiger partial charge in [0.2, 0.25) is 5.91 Å². The summed E-state index contributed by atoms with van der Waals surface area (Å²) in [4.78, 5) is 40.0. The lowest BCUT2D eigenvalue weighted by molar-refractivity contribution is -0.137. The summed E-state index contributed by atoms with van der Waals surface area (Å²) in [5, 5.41) is 15.8. The third-order valence-corrected chi connectivity index (χ3v) is 4.95. The van der Waals surface area contributed by atoms with E-state index in [1.807, 2.05) is 32.0 Å². The zero-order valence-corrected chi connectivity index (χ0v) is 20.3. The third kappa shape index (κ3) is 7.10. The van der Waals surface area contributed by atoms with Gasteiger partial charge in [0, 0.05) is 17.8 Å². The lowest BCUT2D eigenvalue weighted by Gasteiger charge is -2.31. The molecule has 34 heavy (non-hydrogen) atoms. The van der Waals surface area contributed by atoms with Gasteiger partial charge in [-0.2, -0.15) is 0 Å². The number of aromatic hydroxyl groups is 1. The molecule has 0 radical (unpaired) electrons. The van der Waals surface area contributed by atoms with Crippen molar-refractivity contribution in [3.63, 3.8) is 0 Å². The minimum atomic E-state index is -1.17. The van der Waals surface area contributed by atoms with E-state index in [4.69, 9.17) is 4.74 Å². The van der Waals surface area contributed by atoms with Gasteiger partial charge in [-0.3, -0.25) is 9.59 Å². The Balaban J connectivity index is 2.39. The van der Waals surface area contributed by atoms with Gasteiger partial charge in [-0.25, -0.2) is 4.79 Å². The topological polar surface area (TPSA) is 108 Å². The number of nitrogens with zero attached hydrogens (tertiary/aromatic N) is 1. The van der Waals surface area contributed by atoms with Crippen molar-refractivity contribution in [2.45, 2.75) is 46.3 Å². The summed E-state index contributed by atoms with van der Waals surface area (Å²) in [5.74, 6) is -1.19. The second-order valence-electron chi connectivity index (χ2n) is 8.91. The summed E-state index contributed by atoms with van der Waals surface area (Å²) in [7, 11) is 0. The van der Waals surface area contributed by atoms with Crippen LogP contribution < -0.4 is 10.6 Å². The molecule has 1 unspecified atom stereocenters. The Morgan fingerprint density at radius 2 is 1.71 bits per heavy atom. The molecule has 0 spiro atoms. The molecule has 1 atom stereocenters. The van der Waals surface area contributed by atoms with Gasteiger partial charge in [0.25, 0.3) is 5.91 Å². The molecule has 0 aromatic heterocycles. The predicted molar refractivity (Wildman–Crippen MR) is 132 cm³/mol. The number of benzene rings is 2. The maximum atomic E-state index is 13.6. The van der Waals surface area contributed by atoms with Gasteiger partial charge in [-0.15, -0.1) is 6.58 Å². The number of rotatable bonds is 8. The molecule has 182 valence electrons. The van der Waals surface area contributed by atoms with Crippen molar-refractivity contribution in [2.75, 3.05) is 18.4 Å². The molecule has 2 aromatic carbocycles. The number of nitrogens with one attached hydrogen (secondary N) is 2. The standard InChI is InChI=1S/C26H33N3O5/c1-7-15-29(21(31)16-27-25(33)34-26(4,5)6)23(19-13-8-9-14-20(19)30)24(32)28-22-17(2)11-10-12-18(22)3/h7-14,23,30H,1,15-16H2,2-6H3,(H,27,33)(H,28,32). The second kappa shape index (κ2) is 11.4. The number of aryl methyl sites for hydroxylation is 2. The van der Waals surface area contributed by atoms with E-state index in [1.54, 1.807) is 39.0 Å². The number of para-hydroxylation sites is 2. The molecule has 0 aliphatic heterocycles. The van der Waals surface area contributed by atoms with Crippen molar-refractivity contribution in [1.82, 2.24) is 10.2 Å². The van der Waals surface area contributed by atoms with E-state index < -0.39 is 36.1 Å². The Labute approximate surface area is 200 Å². The number of carbonyl (C=O) groups is 3. The average Bonchev–Trinajstić information content (AvgIpc) is 2.74. The van der Waals surface area contributed by atoms with Crippen molar-refractivity contribution in [2.24, 2.45) is 0 Å². The van der Waals surface area contributed by atoms with Gasteiger partial charge in [-0.05, 0) is 51.8 Å². The fraction of sp³-hybridized carbons (Fsp3) is 0.346. The van der Waals surface area contributed by atoms with Crippen LogP contribution in [0, 0.1) is 13.8 Å². The minimum absolute atomic E-state index is 0.00794. The summed E-state index contributed by atoms with van der Waals surface area (Å²) >= 11 is 0. The highest BCUT2D eigenvalue weighted by molar-refractivity contribution is 5.99. The lowest BCUT2D eigenvalue weighted by atomic mass is 10.0. The Morgan fingerprint density at radius 1 is 1.09 bits per heavy atom. The maximum absolute atomic E-state index is 13.6. The fourth-order valence-electron chi connectivity index (χ4n) is 3.43. The number of ether oxygens (including phenoxy) is 1. The smallest absolute Gasteiger partial charge is 0.408 e. The second-order valence-corrected chi connectivity index (χ2v) is 8.91. The first kappa shape index (κ1) is 26.4. The molecule has 8 heteroatoms. The molecule has 3 amide bonds. The Hall–Kier alpha value is -3.81. The summed E-state index contributed by atoms with van der Waals surface area (Å²) in [6.07, 6.45) is 0.725. The SMILES string of the molecule is C=CCN(C(=O)CNC(=O)OC(C)(C)C)C(C(=O)Nc1c(C)cccc1C)c1ccccc1O. The zero-order valence-electron chi connectivity index (χ0n) is 20.3. The molecule has 0 saturated heterocycles. The number of carbonyl (C=O) groups excluding carboxylic acids is 3. The van der Waals surface area contributed by atoms with Crippen LogP contribution in [0.2, 0.25) is 0 Å². The van der Waals surface area contributed by atoms with Crippen molar-refractivity contribution in [1.29, 1.82) is 0 Å². The number of anilines is 1. The van der Waals surface area contributed by atoms with Crippen LogP contribution in [0.25, 0.3) is 0 Å². The molecule has 3 N–H and O–H groups in total. The quantitative estimate of drug-likeness (QED) is 0.504. The number of hydrogen-bond acceptors (Lipinski definition) is 5. The Kier molecular flexibility index (Phi) is 8.83. The summed E-state index contributed by atoms with van der Waals surface area (Å²) in [5.41, 5.74) is 1.87. The molecule has 0 saturated carbocycles. The molecule has 8 nitrogen and oxygen atoms in total. The highest BCUT2D eigenvalue weighted by atomic mass is 16.6. The monoisotopic (exact) mass is 467 g/mol. The highest BCUT2D eigenvalue weighted by Gasteiger charge is 2.33. The highest BCUT2D eigenvalue weighted by Crippen LogP contribution is 2.31. The van der Waals surface area contributed by atoms with Crippen LogP contribution in [0.3, 0.4) is 0 Å². The number of alkyl carbamates (subject to hydrolysis) is 1. The molecular weight excluding hydrogens is 434 g/mol. The van der Waals surface area contributed by atoms with E-state index in [2.05, 4.69) is 17.2 Å². The normalized spacial score (nSPS) is 11.8. The zero-order chi connectivity index (χ0) is 25.5. The summed E-state index contributed by atoms with van der Waals surface area (Å²) < 4.78 is 5.18. The lowest BCUT2D eigenvalue weighted by Crippen LogP contribution is -2.46. The first-order chi connectivity index (χ1) is 15.9. The molecule has 0 fully saturated rings. The number of phenols is 1. The predicted octanol–water partition coefficient (Wildman–Crippen LogP) is 4.23. The molecule has 2 aromatic rings. The van der Waals surface area contributed by atoms with Crippen LogP contribution in [0.5, 0.6) is 5.75 Å². The van der Waals surface area contributed by atoms with Gasteiger partial charge >= 0.3 is 6.09 Å². The molecule has 0 aliphatic carbocycles. The number of hydrogen-bond donors (Lipinski definition) is 3. The van der Waals surface area contributed by atoms with Gasteiger partial charge in [0.15, 0.2) is 0 Å². The van der Waals surface area contributed by atoms with E-state index in [-0.39, 0.29) is 17.9 Å². The largest absolute Gasteiger partial charge is 0.508 e. The molecule has 2 rings (SSSR count). The minimum Gasteiger partial charge on any atom is -0.508 e. The summed E-state index contributed by atoms with van der Waals surface area (Å²) in [6.45, 7) is 12.2. The average molecular weight is 468 g/mol. The van der Waals surface area contributed by atoms with Crippen LogP contribution in [0.15, 0.2) is 55.1 Å². The van der Waals surface area contributed by atoms with E-state index >= 15 is 0 Å². The van der Waals surface area contributed by atoms with Gasteiger partial charge in [0.1, 0.15) is 23.9 Å². The van der Waals surface area contributed by atoms with Crippen LogP contribution in [0.4, 0.5) is 10.5 Å². The van der Waals surface area contributed by atoms with Crippen LogP contribution in [-0.2, 0) is 14.3 Å². The summed E-state index contributed by atoms with van der Waals surface area (Å²) in [6, 6.07) is 10.8. The first-order valence-corrected chi connectivity index (χ1v) is 11.0. The molecule has 0 heterocycles. The fourth-order valence-corrected chi connectivity index (χ4v) is 3.43. The van der Waals surface area contributed by atoms with Gasteiger partial charge in [-0.1, -0.05) is 42.5 Å². The van der Waals surface area contributed by atoms with Crippen LogP contribution in [-0.4, -0.2) is 46.6 Å². The van der Waals surface area contributed by atoms with E-state index in [1.165, 1.54) is 17.0 Å². The molecular formula is C26H33N3O5. The van der Waals surface area contributed by atoms with Crippen molar-refractivity contribution >= 4 is 23.6 Å². The molecule has 0 bridgehead atoms. The number of amides is 3. The Bertz CT molecular complexity index is 1040. The maximum Gasteiger partial charge on any atom is 0.408 e. The van der Waals surface area contributed by atoms with E-state index in [0.717, 1.165) is 11.1 Å². The van der Waals surface area contributed by atoms with Crippen molar-refractivity contribution in [3.8, 4) is 5.75 Å². The van der Waals surface area contributed by atoms with Gasteiger partial charge < -0.3 is 25.4 Å². The third-order valence-electron chi connectivity index (χ3n) is 4.95. The van der Waals surface area contributed by atoms with Crippen molar-refractivity contribution in [3.05, 3.63) is 71.8 Å².